The number of amides is 1. The van der Waals surface area contributed by atoms with Gasteiger partial charge in [0, 0.05) is 6.54 Å². The molecule has 7 nitrogen and oxygen atoms in total. The second kappa shape index (κ2) is 5.57. The molecule has 1 atom stereocenters. The predicted molar refractivity (Wildman–Crippen MR) is 74.9 cm³/mol. The van der Waals surface area contributed by atoms with Gasteiger partial charge in [-0.25, -0.2) is 9.18 Å². The van der Waals surface area contributed by atoms with Gasteiger partial charge in [0.15, 0.2) is 0 Å². The number of aliphatic hydroxyl groups excluding tert-OH is 1. The number of nitrogens with one attached hydrogen (secondary N) is 1. The standard InChI is InChI=1S/C13H15FN4O3/c14-11-5-9(18-6-10(7-19)21-13(18)20)1-2-12(11)17-4-3-15-16-8-17/h1-2,5,8,10,15,19H,3-4,6-7H2. The molecular formula is C13H15FN4O3. The lowest BCUT2D eigenvalue weighted by molar-refractivity contribution is 0.0963. The first-order valence-corrected chi connectivity index (χ1v) is 6.60. The topological polar surface area (TPSA) is 77.4 Å². The number of cyclic esters (lactones) is 1. The first kappa shape index (κ1) is 13.6. The lowest BCUT2D eigenvalue weighted by atomic mass is 10.2. The Balaban J connectivity index is 1.82. The summed E-state index contributed by atoms with van der Waals surface area (Å²) in [6.45, 7) is 1.20. The molecule has 0 spiro atoms. The highest BCUT2D eigenvalue weighted by atomic mass is 19.1. The number of benzene rings is 1. The Morgan fingerprint density at radius 3 is 3.00 bits per heavy atom. The largest absolute Gasteiger partial charge is 0.441 e. The van der Waals surface area contributed by atoms with E-state index in [-0.39, 0.29) is 13.2 Å². The van der Waals surface area contributed by atoms with Gasteiger partial charge in [-0.05, 0) is 18.2 Å². The Bertz CT molecular complexity index is 581. The van der Waals surface area contributed by atoms with Crippen LogP contribution in [0.3, 0.4) is 0 Å². The lowest BCUT2D eigenvalue weighted by Gasteiger charge is -2.24. The van der Waals surface area contributed by atoms with Crippen molar-refractivity contribution in [2.75, 3.05) is 36.0 Å². The molecule has 2 aliphatic rings. The molecule has 1 aromatic carbocycles. The third-order valence-corrected chi connectivity index (χ3v) is 3.38. The quantitative estimate of drug-likeness (QED) is 0.848. The van der Waals surface area contributed by atoms with Crippen LogP contribution in [0.1, 0.15) is 0 Å². The van der Waals surface area contributed by atoms with Gasteiger partial charge >= 0.3 is 6.09 Å². The molecule has 21 heavy (non-hydrogen) atoms. The smallest absolute Gasteiger partial charge is 0.414 e. The van der Waals surface area contributed by atoms with E-state index < -0.39 is 18.0 Å². The van der Waals surface area contributed by atoms with E-state index in [0.717, 1.165) is 0 Å². The molecule has 0 aliphatic carbocycles. The maximum atomic E-state index is 14.2. The van der Waals surface area contributed by atoms with Crippen molar-refractivity contribution in [2.45, 2.75) is 6.10 Å². The summed E-state index contributed by atoms with van der Waals surface area (Å²) < 4.78 is 19.2. The Labute approximate surface area is 120 Å². The van der Waals surface area contributed by atoms with E-state index in [1.165, 1.54) is 17.3 Å². The average Bonchev–Trinajstić information content (AvgIpc) is 2.89. The molecule has 112 valence electrons. The van der Waals surface area contributed by atoms with E-state index >= 15 is 0 Å². The van der Waals surface area contributed by atoms with Crippen molar-refractivity contribution in [3.05, 3.63) is 24.0 Å². The van der Waals surface area contributed by atoms with E-state index in [0.29, 0.717) is 24.5 Å². The predicted octanol–water partition coefficient (Wildman–Crippen LogP) is 0.496. The monoisotopic (exact) mass is 294 g/mol. The third-order valence-electron chi connectivity index (χ3n) is 3.38. The molecular weight excluding hydrogens is 279 g/mol. The summed E-state index contributed by atoms with van der Waals surface area (Å²) in [7, 11) is 0. The Kier molecular flexibility index (Phi) is 3.61. The van der Waals surface area contributed by atoms with Crippen molar-refractivity contribution in [2.24, 2.45) is 5.10 Å². The molecule has 0 saturated carbocycles. The molecule has 8 heteroatoms. The van der Waals surface area contributed by atoms with Crippen LogP contribution in [0.4, 0.5) is 20.6 Å². The molecule has 2 aliphatic heterocycles. The first-order valence-electron chi connectivity index (χ1n) is 6.60. The third kappa shape index (κ3) is 2.62. The second-order valence-corrected chi connectivity index (χ2v) is 4.78. The fourth-order valence-corrected chi connectivity index (χ4v) is 2.31. The summed E-state index contributed by atoms with van der Waals surface area (Å²) in [5.74, 6) is -0.443. The number of carbonyl (C=O) groups is 1. The van der Waals surface area contributed by atoms with Gasteiger partial charge in [0.05, 0.1) is 31.1 Å². The first-order chi connectivity index (χ1) is 10.2. The highest BCUT2D eigenvalue weighted by molar-refractivity contribution is 5.90. The van der Waals surface area contributed by atoms with Crippen molar-refractivity contribution in [3.63, 3.8) is 0 Å². The maximum Gasteiger partial charge on any atom is 0.414 e. The minimum Gasteiger partial charge on any atom is -0.441 e. The van der Waals surface area contributed by atoms with Crippen LogP contribution in [0, 0.1) is 5.82 Å². The number of rotatable bonds is 3. The minimum absolute atomic E-state index is 0.212. The number of hydrogen-bond acceptors (Lipinski definition) is 6. The normalized spacial score (nSPS) is 21.4. The fourth-order valence-electron chi connectivity index (χ4n) is 2.31. The zero-order valence-corrected chi connectivity index (χ0v) is 11.2. The van der Waals surface area contributed by atoms with Crippen LogP contribution in [0.2, 0.25) is 0 Å². The fraction of sp³-hybridized carbons (Fsp3) is 0.385. The molecule has 1 fully saturated rings. The lowest BCUT2D eigenvalue weighted by Crippen LogP contribution is -2.35. The molecule has 2 N–H and O–H groups in total. The SMILES string of the molecule is O=C1OC(CO)CN1c1ccc(N2C=NNCC2)c(F)c1. The Hall–Kier alpha value is -2.35. The van der Waals surface area contributed by atoms with Crippen LogP contribution in [0.15, 0.2) is 23.3 Å². The van der Waals surface area contributed by atoms with Gasteiger partial charge in [0.2, 0.25) is 0 Å². The van der Waals surface area contributed by atoms with Gasteiger partial charge in [-0.1, -0.05) is 0 Å². The molecule has 0 radical (unpaired) electrons. The second-order valence-electron chi connectivity index (χ2n) is 4.78. The Morgan fingerprint density at radius 2 is 2.38 bits per heavy atom. The summed E-state index contributed by atoms with van der Waals surface area (Å²) in [6, 6.07) is 4.53. The molecule has 1 unspecified atom stereocenters. The van der Waals surface area contributed by atoms with Crippen molar-refractivity contribution in [1.29, 1.82) is 0 Å². The summed E-state index contributed by atoms with van der Waals surface area (Å²) in [5.41, 5.74) is 3.59. The van der Waals surface area contributed by atoms with E-state index in [1.807, 2.05) is 0 Å². The van der Waals surface area contributed by atoms with Crippen molar-refractivity contribution < 1.29 is 19.0 Å². The van der Waals surface area contributed by atoms with Gasteiger partial charge in [-0.15, -0.1) is 0 Å². The van der Waals surface area contributed by atoms with E-state index in [9.17, 15) is 9.18 Å². The van der Waals surface area contributed by atoms with Crippen molar-refractivity contribution in [3.8, 4) is 0 Å². The highest BCUT2D eigenvalue weighted by Gasteiger charge is 2.32. The summed E-state index contributed by atoms with van der Waals surface area (Å²) >= 11 is 0. The summed E-state index contributed by atoms with van der Waals surface area (Å²) in [4.78, 5) is 14.7. The number of halogens is 1. The van der Waals surface area contributed by atoms with Gasteiger partial charge in [-0.3, -0.25) is 4.90 Å². The molecule has 1 amide bonds. The number of hydrazone groups is 1. The zero-order chi connectivity index (χ0) is 14.8. The molecule has 3 rings (SSSR count). The number of carbonyl (C=O) groups excluding carboxylic acids is 1. The minimum atomic E-state index is -0.579. The Morgan fingerprint density at radius 1 is 1.52 bits per heavy atom. The molecule has 0 aromatic heterocycles. The molecule has 1 aromatic rings. The average molecular weight is 294 g/mol. The van der Waals surface area contributed by atoms with Crippen LogP contribution < -0.4 is 15.2 Å². The molecule has 1 saturated heterocycles. The number of nitrogens with zero attached hydrogens (tertiary/aromatic N) is 3. The maximum absolute atomic E-state index is 14.2. The van der Waals surface area contributed by atoms with Gasteiger partial charge < -0.3 is 20.2 Å². The van der Waals surface area contributed by atoms with Gasteiger partial charge in [-0.2, -0.15) is 5.10 Å². The van der Waals surface area contributed by atoms with Crippen LogP contribution >= 0.6 is 0 Å². The summed E-state index contributed by atoms with van der Waals surface area (Å²) in [5, 5.41) is 12.9. The number of aliphatic hydroxyl groups is 1. The van der Waals surface area contributed by atoms with Crippen LogP contribution in [0.25, 0.3) is 0 Å². The van der Waals surface area contributed by atoms with E-state index in [4.69, 9.17) is 9.84 Å². The van der Waals surface area contributed by atoms with Gasteiger partial charge in [0.1, 0.15) is 18.3 Å². The molecule has 2 heterocycles. The molecule has 0 bridgehead atoms. The van der Waals surface area contributed by atoms with Crippen molar-refractivity contribution >= 4 is 23.8 Å². The van der Waals surface area contributed by atoms with Crippen LogP contribution in [0.5, 0.6) is 0 Å². The number of ether oxygens (including phenoxy) is 1. The van der Waals surface area contributed by atoms with Crippen molar-refractivity contribution in [1.82, 2.24) is 5.43 Å². The number of hydrogen-bond donors (Lipinski definition) is 2. The summed E-state index contributed by atoms with van der Waals surface area (Å²) in [6.07, 6.45) is 0.374. The number of anilines is 2. The van der Waals surface area contributed by atoms with E-state index in [2.05, 4.69) is 10.5 Å². The highest BCUT2D eigenvalue weighted by Crippen LogP contribution is 2.27. The zero-order valence-electron chi connectivity index (χ0n) is 11.2. The van der Waals surface area contributed by atoms with Crippen LogP contribution in [-0.2, 0) is 4.74 Å². The van der Waals surface area contributed by atoms with E-state index in [1.54, 1.807) is 17.0 Å². The van der Waals surface area contributed by atoms with Crippen LogP contribution in [-0.4, -0.2) is 49.9 Å². The van der Waals surface area contributed by atoms with Gasteiger partial charge in [0.25, 0.3) is 0 Å².